The number of aryl methyl sites for hydroxylation is 2. The molecule has 0 amide bonds. The molecule has 166 valence electrons. The minimum Gasteiger partial charge on any atom is -0.455 e. The number of ether oxygens (including phenoxy) is 1. The van der Waals surface area contributed by atoms with Crippen molar-refractivity contribution in [3.05, 3.63) is 65.1 Å². The number of hydrogen-bond donors (Lipinski definition) is 1. The molecule has 0 fully saturated rings. The Hall–Kier alpha value is -4.01. The molecule has 0 aliphatic heterocycles. The second kappa shape index (κ2) is 8.62. The van der Waals surface area contributed by atoms with E-state index >= 15 is 0 Å². The second-order valence-corrected chi connectivity index (χ2v) is 7.82. The van der Waals surface area contributed by atoms with Crippen LogP contribution in [0.15, 0.2) is 53.8 Å². The van der Waals surface area contributed by atoms with Crippen LogP contribution in [-0.4, -0.2) is 35.3 Å². The molecule has 4 aromatic rings. The molecule has 0 atom stereocenters. The van der Waals surface area contributed by atoms with E-state index in [4.69, 9.17) is 4.74 Å². The van der Waals surface area contributed by atoms with Crippen LogP contribution in [0, 0.1) is 6.92 Å². The van der Waals surface area contributed by atoms with Crippen molar-refractivity contribution < 1.29 is 6.16 Å². The zero-order chi connectivity index (χ0) is 22.8. The number of anilines is 1. The number of aromatic nitrogens is 6. The topological polar surface area (TPSA) is 99.8 Å². The van der Waals surface area contributed by atoms with Gasteiger partial charge in [-0.2, -0.15) is 5.10 Å². The summed E-state index contributed by atoms with van der Waals surface area (Å²) < 4.78 is 9.26. The standard InChI is InChI=1S/C23H25N7O2.H2/c1-14(2)27-23-25-12-18(22(31)30(23)5)19-6-7-21(15(3)28-19)32-17-8-9-24-20(10-17)16-11-26-29(4)13-16;/h6-14H,1-5H3,(H,25,27);1H. The molecule has 0 bridgehead atoms. The van der Waals surface area contributed by atoms with E-state index in [0.29, 0.717) is 34.4 Å². The van der Waals surface area contributed by atoms with Crippen LogP contribution in [0.1, 0.15) is 21.0 Å². The normalized spacial score (nSPS) is 11.1. The van der Waals surface area contributed by atoms with Crippen LogP contribution in [0.2, 0.25) is 0 Å². The molecule has 0 saturated heterocycles. The van der Waals surface area contributed by atoms with E-state index in [1.807, 2.05) is 46.1 Å². The molecular formula is C23H27N7O2. The highest BCUT2D eigenvalue weighted by atomic mass is 16.5. The summed E-state index contributed by atoms with van der Waals surface area (Å²) in [7, 11) is 3.55. The molecule has 0 spiro atoms. The molecule has 32 heavy (non-hydrogen) atoms. The summed E-state index contributed by atoms with van der Waals surface area (Å²) in [6.07, 6.45) is 6.89. The van der Waals surface area contributed by atoms with Crippen LogP contribution < -0.4 is 15.6 Å². The molecule has 0 unspecified atom stereocenters. The first kappa shape index (κ1) is 21.2. The Kier molecular flexibility index (Phi) is 5.72. The lowest BCUT2D eigenvalue weighted by Gasteiger charge is -2.14. The maximum atomic E-state index is 12.8. The van der Waals surface area contributed by atoms with Crippen LogP contribution >= 0.6 is 0 Å². The zero-order valence-electron chi connectivity index (χ0n) is 18.7. The predicted molar refractivity (Wildman–Crippen MR) is 125 cm³/mol. The molecule has 0 saturated carbocycles. The SMILES string of the molecule is Cc1nc(-c2cnc(NC(C)C)n(C)c2=O)ccc1Oc1ccnc(-c2cnn(C)c2)c1.[HH]. The molecule has 4 rings (SSSR count). The highest BCUT2D eigenvalue weighted by Crippen LogP contribution is 2.28. The monoisotopic (exact) mass is 433 g/mol. The van der Waals surface area contributed by atoms with Gasteiger partial charge in [-0.3, -0.25) is 19.0 Å². The smallest absolute Gasteiger partial charge is 0.264 e. The molecule has 4 aromatic heterocycles. The van der Waals surface area contributed by atoms with Gasteiger partial charge in [0.2, 0.25) is 5.95 Å². The molecule has 0 aliphatic rings. The highest BCUT2D eigenvalue weighted by Gasteiger charge is 2.13. The van der Waals surface area contributed by atoms with Gasteiger partial charge in [0.15, 0.2) is 0 Å². The Balaban J connectivity index is 0.00000306. The lowest BCUT2D eigenvalue weighted by molar-refractivity contribution is 0.475. The van der Waals surface area contributed by atoms with E-state index in [9.17, 15) is 4.79 Å². The van der Waals surface area contributed by atoms with E-state index in [2.05, 4.69) is 25.4 Å². The van der Waals surface area contributed by atoms with Gasteiger partial charge in [0.1, 0.15) is 11.5 Å². The molecule has 0 aromatic carbocycles. The van der Waals surface area contributed by atoms with Crippen molar-refractivity contribution in [2.75, 3.05) is 5.32 Å². The lowest BCUT2D eigenvalue weighted by atomic mass is 10.2. The molecule has 0 radical (unpaired) electrons. The van der Waals surface area contributed by atoms with Gasteiger partial charge in [0.05, 0.1) is 28.8 Å². The number of hydrogen-bond acceptors (Lipinski definition) is 7. The van der Waals surface area contributed by atoms with Crippen molar-refractivity contribution in [2.24, 2.45) is 14.1 Å². The summed E-state index contributed by atoms with van der Waals surface area (Å²) in [5.74, 6) is 1.76. The summed E-state index contributed by atoms with van der Waals surface area (Å²) in [6.45, 7) is 5.83. The maximum absolute atomic E-state index is 12.8. The number of pyridine rings is 2. The van der Waals surface area contributed by atoms with Crippen LogP contribution in [0.25, 0.3) is 22.5 Å². The van der Waals surface area contributed by atoms with Crippen molar-refractivity contribution in [3.8, 4) is 34.0 Å². The number of nitrogens with one attached hydrogen (secondary N) is 1. The third-order valence-electron chi connectivity index (χ3n) is 4.86. The molecule has 1 N–H and O–H groups in total. The zero-order valence-corrected chi connectivity index (χ0v) is 18.7. The van der Waals surface area contributed by atoms with Gasteiger partial charge in [-0.25, -0.2) is 9.97 Å². The Morgan fingerprint density at radius 2 is 1.91 bits per heavy atom. The molecule has 0 aliphatic carbocycles. The Labute approximate surface area is 187 Å². The average Bonchev–Trinajstić information content (AvgIpc) is 3.19. The Bertz CT molecular complexity index is 1330. The van der Waals surface area contributed by atoms with Gasteiger partial charge in [0.25, 0.3) is 5.56 Å². The molecule has 9 heteroatoms. The number of nitrogens with zero attached hydrogens (tertiary/aromatic N) is 6. The maximum Gasteiger partial charge on any atom is 0.264 e. The average molecular weight is 434 g/mol. The third kappa shape index (κ3) is 4.36. The highest BCUT2D eigenvalue weighted by molar-refractivity contribution is 5.60. The fourth-order valence-corrected chi connectivity index (χ4v) is 3.23. The summed E-state index contributed by atoms with van der Waals surface area (Å²) >= 11 is 0. The quantitative estimate of drug-likeness (QED) is 0.494. The largest absolute Gasteiger partial charge is 0.455 e. The molecule has 9 nitrogen and oxygen atoms in total. The Morgan fingerprint density at radius 1 is 1.09 bits per heavy atom. The fraction of sp³-hybridized carbons (Fsp3) is 0.261. The minimum absolute atomic E-state index is 0. The van der Waals surface area contributed by atoms with Gasteiger partial charge >= 0.3 is 0 Å². The summed E-state index contributed by atoms with van der Waals surface area (Å²) in [6, 6.07) is 7.38. The first-order chi connectivity index (χ1) is 15.3. The first-order valence-corrected chi connectivity index (χ1v) is 10.3. The van der Waals surface area contributed by atoms with Gasteiger partial charge in [-0.15, -0.1) is 0 Å². The predicted octanol–water partition coefficient (Wildman–Crippen LogP) is 3.80. The Morgan fingerprint density at radius 3 is 2.59 bits per heavy atom. The molecule has 4 heterocycles. The summed E-state index contributed by atoms with van der Waals surface area (Å²) in [5.41, 5.74) is 3.14. The van der Waals surface area contributed by atoms with Crippen molar-refractivity contribution in [1.29, 1.82) is 0 Å². The van der Waals surface area contributed by atoms with E-state index in [0.717, 1.165) is 11.3 Å². The lowest BCUT2D eigenvalue weighted by Crippen LogP contribution is -2.25. The van der Waals surface area contributed by atoms with Crippen molar-refractivity contribution in [3.63, 3.8) is 0 Å². The molecular weight excluding hydrogens is 406 g/mol. The summed E-state index contributed by atoms with van der Waals surface area (Å²) in [5, 5.41) is 7.34. The van der Waals surface area contributed by atoms with Crippen molar-refractivity contribution in [2.45, 2.75) is 26.8 Å². The summed E-state index contributed by atoms with van der Waals surface area (Å²) in [4.78, 5) is 26.2. The van der Waals surface area contributed by atoms with Gasteiger partial charge in [-0.1, -0.05) is 0 Å². The number of rotatable bonds is 6. The van der Waals surface area contributed by atoms with Crippen LogP contribution in [0.4, 0.5) is 5.95 Å². The van der Waals surface area contributed by atoms with Crippen LogP contribution in [0.5, 0.6) is 11.5 Å². The van der Waals surface area contributed by atoms with Crippen molar-refractivity contribution >= 4 is 5.95 Å². The van der Waals surface area contributed by atoms with Crippen LogP contribution in [0.3, 0.4) is 0 Å². The first-order valence-electron chi connectivity index (χ1n) is 10.3. The van der Waals surface area contributed by atoms with Crippen LogP contribution in [-0.2, 0) is 14.1 Å². The third-order valence-corrected chi connectivity index (χ3v) is 4.86. The van der Waals surface area contributed by atoms with Crippen molar-refractivity contribution in [1.82, 2.24) is 29.3 Å². The van der Waals surface area contributed by atoms with E-state index in [-0.39, 0.29) is 13.0 Å². The van der Waals surface area contributed by atoms with E-state index < -0.39 is 0 Å². The van der Waals surface area contributed by atoms with E-state index in [1.165, 1.54) is 4.57 Å². The van der Waals surface area contributed by atoms with Gasteiger partial charge in [-0.05, 0) is 39.0 Å². The minimum atomic E-state index is -0.168. The fourth-order valence-electron chi connectivity index (χ4n) is 3.23. The van der Waals surface area contributed by atoms with Gasteiger partial charge in [0, 0.05) is 51.8 Å². The second-order valence-electron chi connectivity index (χ2n) is 7.82. The van der Waals surface area contributed by atoms with E-state index in [1.54, 1.807) is 42.5 Å². The van der Waals surface area contributed by atoms with Gasteiger partial charge < -0.3 is 10.1 Å².